The zero-order valence-electron chi connectivity index (χ0n) is 25.0. The second kappa shape index (κ2) is 15.8. The maximum absolute atomic E-state index is 14.0. The summed E-state index contributed by atoms with van der Waals surface area (Å²) in [6.45, 7) is 6.65. The average Bonchev–Trinajstić information content (AvgIpc) is 2.98. The SMILES string of the molecule is CCCN(CCC)C(=O)c1cc(C)cc(C(=O)N[C@@H](Cc2cc(F)cc(F)c2)[C@H](O)CNC(=O)c2cccc(OC)c2)c1. The summed E-state index contributed by atoms with van der Waals surface area (Å²) in [5, 5.41) is 16.5. The van der Waals surface area contributed by atoms with E-state index in [9.17, 15) is 28.3 Å². The van der Waals surface area contributed by atoms with Crippen molar-refractivity contribution in [2.24, 2.45) is 0 Å². The van der Waals surface area contributed by atoms with Crippen molar-refractivity contribution in [3.63, 3.8) is 0 Å². The number of amides is 3. The van der Waals surface area contributed by atoms with E-state index < -0.39 is 35.6 Å². The number of methoxy groups -OCH3 is 1. The Morgan fingerprint density at radius 3 is 2.16 bits per heavy atom. The molecule has 0 radical (unpaired) electrons. The lowest BCUT2D eigenvalue weighted by Gasteiger charge is -2.25. The van der Waals surface area contributed by atoms with Crippen molar-refractivity contribution in [2.75, 3.05) is 26.7 Å². The van der Waals surface area contributed by atoms with Gasteiger partial charge in [-0.05, 0) is 85.8 Å². The van der Waals surface area contributed by atoms with Gasteiger partial charge in [-0.25, -0.2) is 8.78 Å². The van der Waals surface area contributed by atoms with Gasteiger partial charge in [0.05, 0.1) is 19.3 Å². The molecule has 0 aliphatic rings. The van der Waals surface area contributed by atoms with Crippen LogP contribution in [0.1, 0.15) is 68.9 Å². The number of aliphatic hydroxyl groups excluding tert-OH is 1. The number of hydrogen-bond donors (Lipinski definition) is 3. The van der Waals surface area contributed by atoms with Crippen LogP contribution < -0.4 is 15.4 Å². The van der Waals surface area contributed by atoms with Crippen LogP contribution in [0.2, 0.25) is 0 Å². The fraction of sp³-hybridized carbons (Fsp3) is 0.364. The predicted octanol–water partition coefficient (Wildman–Crippen LogP) is 4.68. The van der Waals surface area contributed by atoms with E-state index in [0.29, 0.717) is 35.5 Å². The Kier molecular flexibility index (Phi) is 12.2. The van der Waals surface area contributed by atoms with Crippen molar-refractivity contribution in [2.45, 2.75) is 52.2 Å². The van der Waals surface area contributed by atoms with Gasteiger partial charge >= 0.3 is 0 Å². The number of carbonyl (C=O) groups is 3. The molecular weight excluding hydrogens is 556 g/mol. The Hall–Kier alpha value is -4.31. The van der Waals surface area contributed by atoms with E-state index in [0.717, 1.165) is 31.0 Å². The Labute approximate surface area is 251 Å². The first-order chi connectivity index (χ1) is 20.5. The molecule has 0 bridgehead atoms. The van der Waals surface area contributed by atoms with Crippen LogP contribution in [0.25, 0.3) is 0 Å². The highest BCUT2D eigenvalue weighted by atomic mass is 19.1. The van der Waals surface area contributed by atoms with Crippen LogP contribution in [-0.2, 0) is 6.42 Å². The Morgan fingerprint density at radius 1 is 0.884 bits per heavy atom. The normalized spacial score (nSPS) is 12.3. The number of rotatable bonds is 14. The second-order valence-electron chi connectivity index (χ2n) is 10.5. The molecule has 0 saturated carbocycles. The number of aliphatic hydroxyl groups is 1. The average molecular weight is 596 g/mol. The molecule has 0 fully saturated rings. The summed E-state index contributed by atoms with van der Waals surface area (Å²) >= 11 is 0. The van der Waals surface area contributed by atoms with Gasteiger partial charge in [-0.1, -0.05) is 19.9 Å². The Bertz CT molecular complexity index is 1410. The minimum atomic E-state index is -1.33. The third kappa shape index (κ3) is 9.61. The van der Waals surface area contributed by atoms with E-state index in [1.54, 1.807) is 42.2 Å². The number of nitrogens with one attached hydrogen (secondary N) is 2. The molecule has 3 aromatic carbocycles. The summed E-state index contributed by atoms with van der Waals surface area (Å²) in [6, 6.07) is 13.2. The number of benzene rings is 3. The molecule has 3 rings (SSSR count). The standard InChI is InChI=1S/C33H39F2N3O5/c1-5-10-38(11-6-2)33(42)25-13-21(3)12-24(17-25)32(41)37-29(16-22-14-26(34)19-27(35)15-22)30(39)20-36-31(40)23-8-7-9-28(18-23)43-4/h7-9,12-15,17-19,29-30,39H,5-6,10-11,16,20H2,1-4H3,(H,36,40)(H,37,41)/t29-,30+/m0/s1. The van der Waals surface area contributed by atoms with Crippen molar-refractivity contribution in [1.29, 1.82) is 0 Å². The molecule has 3 aromatic rings. The monoisotopic (exact) mass is 595 g/mol. The van der Waals surface area contributed by atoms with Crippen molar-refractivity contribution in [3.05, 3.63) is 100 Å². The third-order valence-corrected chi connectivity index (χ3v) is 6.82. The van der Waals surface area contributed by atoms with Crippen LogP contribution in [0, 0.1) is 18.6 Å². The van der Waals surface area contributed by atoms with E-state index >= 15 is 0 Å². The highest BCUT2D eigenvalue weighted by molar-refractivity contribution is 6.00. The van der Waals surface area contributed by atoms with Crippen molar-refractivity contribution in [3.8, 4) is 5.75 Å². The first-order valence-corrected chi connectivity index (χ1v) is 14.3. The van der Waals surface area contributed by atoms with Crippen molar-refractivity contribution in [1.82, 2.24) is 15.5 Å². The minimum absolute atomic E-state index is 0.130. The van der Waals surface area contributed by atoms with Gasteiger partial charge in [-0.2, -0.15) is 0 Å². The van der Waals surface area contributed by atoms with Gasteiger partial charge in [0, 0.05) is 42.4 Å². The Morgan fingerprint density at radius 2 is 1.53 bits per heavy atom. The van der Waals surface area contributed by atoms with Gasteiger partial charge in [0.2, 0.25) is 0 Å². The van der Waals surface area contributed by atoms with Crippen molar-refractivity contribution >= 4 is 17.7 Å². The molecular formula is C33H39F2N3O5. The van der Waals surface area contributed by atoms with Gasteiger partial charge in [-0.3, -0.25) is 14.4 Å². The first-order valence-electron chi connectivity index (χ1n) is 14.3. The molecule has 0 aliphatic carbocycles. The van der Waals surface area contributed by atoms with Crippen LogP contribution in [0.5, 0.6) is 5.75 Å². The van der Waals surface area contributed by atoms with Gasteiger partial charge in [0.1, 0.15) is 17.4 Å². The number of halogens is 2. The smallest absolute Gasteiger partial charge is 0.253 e. The van der Waals surface area contributed by atoms with Crippen LogP contribution in [0.4, 0.5) is 8.78 Å². The van der Waals surface area contributed by atoms with Crippen molar-refractivity contribution < 1.29 is 33.0 Å². The largest absolute Gasteiger partial charge is 0.497 e. The summed E-state index contributed by atoms with van der Waals surface area (Å²) in [5.74, 6) is -2.37. The number of aryl methyl sites for hydroxylation is 1. The van der Waals surface area contributed by atoms with Gasteiger partial charge in [0.15, 0.2) is 0 Å². The molecule has 0 heterocycles. The van der Waals surface area contributed by atoms with E-state index in [1.165, 1.54) is 19.2 Å². The second-order valence-corrected chi connectivity index (χ2v) is 10.5. The Balaban J connectivity index is 1.84. The van der Waals surface area contributed by atoms with Crippen LogP contribution in [0.3, 0.4) is 0 Å². The van der Waals surface area contributed by atoms with Gasteiger partial charge in [0.25, 0.3) is 17.7 Å². The van der Waals surface area contributed by atoms with E-state index in [1.807, 2.05) is 13.8 Å². The zero-order valence-corrected chi connectivity index (χ0v) is 25.0. The minimum Gasteiger partial charge on any atom is -0.497 e. The van der Waals surface area contributed by atoms with Crippen LogP contribution in [-0.4, -0.2) is 66.6 Å². The fourth-order valence-electron chi connectivity index (χ4n) is 4.80. The molecule has 0 unspecified atom stereocenters. The topological polar surface area (TPSA) is 108 Å². The lowest BCUT2D eigenvalue weighted by Crippen LogP contribution is -2.49. The summed E-state index contributed by atoms with van der Waals surface area (Å²) in [7, 11) is 1.47. The molecule has 0 aromatic heterocycles. The number of nitrogens with zero attached hydrogens (tertiary/aromatic N) is 1. The summed E-state index contributed by atoms with van der Waals surface area (Å²) in [6.07, 6.45) is 0.119. The molecule has 230 valence electrons. The lowest BCUT2D eigenvalue weighted by atomic mass is 9.99. The summed E-state index contributed by atoms with van der Waals surface area (Å²) < 4.78 is 33.1. The van der Waals surface area contributed by atoms with E-state index in [4.69, 9.17) is 4.74 Å². The molecule has 43 heavy (non-hydrogen) atoms. The quantitative estimate of drug-likeness (QED) is 0.251. The lowest BCUT2D eigenvalue weighted by molar-refractivity contribution is 0.0755. The van der Waals surface area contributed by atoms with Crippen LogP contribution >= 0.6 is 0 Å². The number of ether oxygens (including phenoxy) is 1. The highest BCUT2D eigenvalue weighted by Crippen LogP contribution is 2.17. The highest BCUT2D eigenvalue weighted by Gasteiger charge is 2.25. The molecule has 2 atom stereocenters. The number of hydrogen-bond acceptors (Lipinski definition) is 5. The zero-order chi connectivity index (χ0) is 31.5. The number of carbonyl (C=O) groups excluding carboxylic acids is 3. The molecule has 0 saturated heterocycles. The third-order valence-electron chi connectivity index (χ3n) is 6.82. The molecule has 0 spiro atoms. The summed E-state index contributed by atoms with van der Waals surface area (Å²) in [4.78, 5) is 41.2. The maximum Gasteiger partial charge on any atom is 0.253 e. The van der Waals surface area contributed by atoms with Gasteiger partial charge < -0.3 is 25.4 Å². The summed E-state index contributed by atoms with van der Waals surface area (Å²) in [5.41, 5.74) is 1.76. The molecule has 0 aliphatic heterocycles. The molecule has 3 N–H and O–H groups in total. The van der Waals surface area contributed by atoms with Gasteiger partial charge in [-0.15, -0.1) is 0 Å². The molecule has 3 amide bonds. The maximum atomic E-state index is 14.0. The van der Waals surface area contributed by atoms with Crippen LogP contribution in [0.15, 0.2) is 60.7 Å². The van der Waals surface area contributed by atoms with E-state index in [2.05, 4.69) is 10.6 Å². The first kappa shape index (κ1) is 33.2. The van der Waals surface area contributed by atoms with E-state index in [-0.39, 0.29) is 30.0 Å². The molecule has 8 nitrogen and oxygen atoms in total. The predicted molar refractivity (Wildman–Crippen MR) is 160 cm³/mol. The fourth-order valence-corrected chi connectivity index (χ4v) is 4.80. The molecule has 10 heteroatoms.